The molecular weight excluding hydrogens is 545 g/mol. The Balaban J connectivity index is 1.55. The average Bonchev–Trinajstić information content (AvgIpc) is 3.15. The molecule has 0 bridgehead atoms. The van der Waals surface area contributed by atoms with E-state index in [2.05, 4.69) is 10.6 Å². The molecule has 0 aromatic rings. The fourth-order valence-electron chi connectivity index (χ4n) is 6.50. The number of nitrogens with one attached hydrogen (secondary N) is 2. The van der Waals surface area contributed by atoms with Crippen LogP contribution in [-0.2, 0) is 19.1 Å². The highest BCUT2D eigenvalue weighted by atomic mass is 35.5. The third-order valence-electron chi connectivity index (χ3n) is 8.88. The zero-order chi connectivity index (χ0) is 28.7. The van der Waals surface area contributed by atoms with Gasteiger partial charge in [-0.1, -0.05) is 38.5 Å². The zero-order valence-corrected chi connectivity index (χ0v) is 24.9. The summed E-state index contributed by atoms with van der Waals surface area (Å²) in [5, 5.41) is 16.3. The third-order valence-corrected chi connectivity index (χ3v) is 9.95. The highest BCUT2D eigenvalue weighted by Gasteiger charge is 2.74. The van der Waals surface area contributed by atoms with Gasteiger partial charge >= 0.3 is 6.09 Å². The number of aliphatic hydroxyl groups excluding tert-OH is 1. The standard InChI is InChI=1S/C28H43Cl2N3O6/c1-15(34)23(35)19(13-16-9-8-10-16)31-24(36)22-20-18(28(20,29)30)14-33(22)25(37)21(17-11-6-5-7-12-17)32-26(38)39-27(2,3)4/h16-23,35H,5-14H2,1-4H3,(H,31,36)(H,32,38)/t18-,19?,20-,21-,22-,23?/m0/s1. The van der Waals surface area contributed by atoms with Crippen molar-refractivity contribution in [2.45, 2.75) is 120 Å². The van der Waals surface area contributed by atoms with Crippen LogP contribution < -0.4 is 10.6 Å². The van der Waals surface area contributed by atoms with Crippen LogP contribution in [0.2, 0.25) is 0 Å². The van der Waals surface area contributed by atoms with Crippen molar-refractivity contribution in [1.29, 1.82) is 0 Å². The molecule has 6 atom stereocenters. The van der Waals surface area contributed by atoms with E-state index in [1.165, 1.54) is 11.8 Å². The van der Waals surface area contributed by atoms with Gasteiger partial charge in [0, 0.05) is 18.4 Å². The number of aliphatic hydroxyl groups is 1. The molecule has 4 fully saturated rings. The number of piperidine rings is 1. The van der Waals surface area contributed by atoms with Gasteiger partial charge in [-0.25, -0.2) is 4.79 Å². The van der Waals surface area contributed by atoms with Crippen LogP contribution in [0.1, 0.15) is 85.5 Å². The fraction of sp³-hybridized carbons (Fsp3) is 0.857. The molecule has 0 aromatic heterocycles. The van der Waals surface area contributed by atoms with E-state index in [1.54, 1.807) is 20.8 Å². The van der Waals surface area contributed by atoms with Gasteiger partial charge in [0.25, 0.3) is 0 Å². The van der Waals surface area contributed by atoms with Gasteiger partial charge in [0.2, 0.25) is 11.8 Å². The van der Waals surface area contributed by atoms with Crippen LogP contribution in [0, 0.1) is 23.7 Å². The van der Waals surface area contributed by atoms with Crippen molar-refractivity contribution in [2.24, 2.45) is 23.7 Å². The van der Waals surface area contributed by atoms with Crippen molar-refractivity contribution >= 4 is 46.9 Å². The third kappa shape index (κ3) is 6.84. The number of nitrogens with zero attached hydrogens (tertiary/aromatic N) is 1. The Labute approximate surface area is 241 Å². The maximum absolute atomic E-state index is 14.1. The summed E-state index contributed by atoms with van der Waals surface area (Å²) in [7, 11) is 0. The first-order valence-electron chi connectivity index (χ1n) is 14.4. The van der Waals surface area contributed by atoms with E-state index < -0.39 is 57.9 Å². The van der Waals surface area contributed by atoms with E-state index in [4.69, 9.17) is 27.9 Å². The van der Waals surface area contributed by atoms with E-state index in [0.717, 1.165) is 51.4 Å². The molecule has 1 heterocycles. The Hall–Kier alpha value is -1.58. The number of rotatable bonds is 9. The minimum atomic E-state index is -1.34. The smallest absolute Gasteiger partial charge is 0.408 e. The van der Waals surface area contributed by atoms with Crippen LogP contribution in [0.4, 0.5) is 4.79 Å². The summed E-state index contributed by atoms with van der Waals surface area (Å²) in [6.45, 7) is 6.76. The van der Waals surface area contributed by atoms with E-state index in [-0.39, 0.29) is 24.3 Å². The Bertz CT molecular complexity index is 959. The zero-order valence-electron chi connectivity index (χ0n) is 23.4. The van der Waals surface area contributed by atoms with E-state index >= 15 is 0 Å². The quantitative estimate of drug-likeness (QED) is 0.353. The van der Waals surface area contributed by atoms with Gasteiger partial charge in [-0.05, 0) is 58.8 Å². The number of hydrogen-bond donors (Lipinski definition) is 3. The number of amides is 3. The van der Waals surface area contributed by atoms with E-state index in [9.17, 15) is 24.3 Å². The molecule has 3 saturated carbocycles. The van der Waals surface area contributed by atoms with Crippen LogP contribution in [0.5, 0.6) is 0 Å². The molecule has 2 unspecified atom stereocenters. The normalized spacial score (nSPS) is 28.9. The number of alkyl halides is 2. The number of likely N-dealkylation sites (tertiary alicyclic amines) is 1. The average molecular weight is 589 g/mol. The molecule has 3 N–H and O–H groups in total. The molecule has 220 valence electrons. The molecule has 0 radical (unpaired) electrons. The number of ketones is 1. The number of carbonyl (C=O) groups excluding carboxylic acids is 4. The first-order valence-corrected chi connectivity index (χ1v) is 15.1. The largest absolute Gasteiger partial charge is 0.444 e. The summed E-state index contributed by atoms with van der Waals surface area (Å²) in [6.07, 6.45) is 6.09. The Morgan fingerprint density at radius 3 is 2.21 bits per heavy atom. The number of carbonyl (C=O) groups is 4. The van der Waals surface area contributed by atoms with Crippen LogP contribution in [0.25, 0.3) is 0 Å². The molecule has 4 aliphatic rings. The Kier molecular flexibility index (Phi) is 9.14. The predicted molar refractivity (Wildman–Crippen MR) is 147 cm³/mol. The van der Waals surface area contributed by atoms with Gasteiger partial charge in [0.05, 0.1) is 6.04 Å². The minimum Gasteiger partial charge on any atom is -0.444 e. The van der Waals surface area contributed by atoms with Crippen molar-refractivity contribution in [3.63, 3.8) is 0 Å². The van der Waals surface area contributed by atoms with Crippen molar-refractivity contribution in [1.82, 2.24) is 15.5 Å². The van der Waals surface area contributed by atoms with Crippen molar-refractivity contribution < 1.29 is 29.0 Å². The summed E-state index contributed by atoms with van der Waals surface area (Å²) >= 11 is 13.0. The monoisotopic (exact) mass is 587 g/mol. The summed E-state index contributed by atoms with van der Waals surface area (Å²) in [5.41, 5.74) is -0.730. The van der Waals surface area contributed by atoms with Gasteiger partial charge in [-0.2, -0.15) is 0 Å². The fourth-order valence-corrected chi connectivity index (χ4v) is 7.33. The Morgan fingerprint density at radius 1 is 1.03 bits per heavy atom. The van der Waals surface area contributed by atoms with Crippen molar-refractivity contribution in [3.05, 3.63) is 0 Å². The van der Waals surface area contributed by atoms with Crippen molar-refractivity contribution in [3.8, 4) is 0 Å². The van der Waals surface area contributed by atoms with Gasteiger partial charge in [-0.3, -0.25) is 14.4 Å². The van der Waals surface area contributed by atoms with Gasteiger partial charge in [0.1, 0.15) is 28.1 Å². The van der Waals surface area contributed by atoms with Crippen LogP contribution in [0.15, 0.2) is 0 Å². The second-order valence-electron chi connectivity index (χ2n) is 13.0. The molecular formula is C28H43Cl2N3O6. The molecule has 3 aliphatic carbocycles. The topological polar surface area (TPSA) is 125 Å². The SMILES string of the molecule is CC(=O)C(O)C(CC1CCC1)NC(=O)[C@@H]1[C@@H]2[C@H](CN1C(=O)[C@@H](NC(=O)OC(C)(C)C)C1CCCCC1)C2(Cl)Cl. The summed E-state index contributed by atoms with van der Waals surface area (Å²) in [4.78, 5) is 54.1. The highest BCUT2D eigenvalue weighted by Crippen LogP contribution is 2.65. The number of Topliss-reactive ketones (excluding diaryl/α,β-unsaturated/α-hetero) is 1. The Morgan fingerprint density at radius 2 is 1.67 bits per heavy atom. The number of hydrogen-bond acceptors (Lipinski definition) is 6. The number of ether oxygens (including phenoxy) is 1. The number of fused-ring (bicyclic) bond motifs is 1. The molecule has 0 spiro atoms. The van der Waals surface area contributed by atoms with Crippen LogP contribution in [-0.4, -0.2) is 74.4 Å². The predicted octanol–water partition coefficient (Wildman–Crippen LogP) is 3.72. The lowest BCUT2D eigenvalue weighted by Gasteiger charge is -2.37. The minimum absolute atomic E-state index is 0.0814. The first-order chi connectivity index (χ1) is 18.2. The van der Waals surface area contributed by atoms with E-state index in [0.29, 0.717) is 12.3 Å². The molecule has 39 heavy (non-hydrogen) atoms. The molecule has 1 saturated heterocycles. The maximum Gasteiger partial charge on any atom is 0.408 e. The van der Waals surface area contributed by atoms with Gasteiger partial charge < -0.3 is 25.4 Å². The van der Waals surface area contributed by atoms with E-state index in [1.807, 2.05) is 0 Å². The summed E-state index contributed by atoms with van der Waals surface area (Å²) < 4.78 is 4.32. The lowest BCUT2D eigenvalue weighted by molar-refractivity contribution is -0.143. The van der Waals surface area contributed by atoms with Gasteiger partial charge in [0.15, 0.2) is 5.78 Å². The molecule has 0 aromatic carbocycles. The molecule has 9 nitrogen and oxygen atoms in total. The lowest BCUT2D eigenvalue weighted by Crippen LogP contribution is -2.60. The molecule has 1 aliphatic heterocycles. The van der Waals surface area contributed by atoms with Crippen molar-refractivity contribution in [2.75, 3.05) is 6.54 Å². The molecule has 4 rings (SSSR count). The number of halogens is 2. The highest BCUT2D eigenvalue weighted by molar-refractivity contribution is 6.51. The molecule has 11 heteroatoms. The second-order valence-corrected chi connectivity index (χ2v) is 14.4. The van der Waals surface area contributed by atoms with Crippen LogP contribution >= 0.6 is 23.2 Å². The summed E-state index contributed by atoms with van der Waals surface area (Å²) in [6, 6.07) is -2.57. The maximum atomic E-state index is 14.1. The second kappa shape index (κ2) is 11.7. The number of alkyl carbamates (subject to hydrolysis) is 1. The summed E-state index contributed by atoms with van der Waals surface area (Å²) in [5.74, 6) is -1.77. The molecule has 3 amide bonds. The van der Waals surface area contributed by atoms with Crippen LogP contribution in [0.3, 0.4) is 0 Å². The van der Waals surface area contributed by atoms with Gasteiger partial charge in [-0.15, -0.1) is 23.2 Å². The lowest BCUT2D eigenvalue weighted by atomic mass is 9.79. The first kappa shape index (κ1) is 30.4.